The average molecular weight is 397 g/mol. The molecule has 0 bridgehead atoms. The number of aromatic nitrogens is 1. The molecular weight excluding hydrogens is 379 g/mol. The van der Waals surface area contributed by atoms with E-state index >= 15 is 0 Å². The molecule has 0 spiro atoms. The van der Waals surface area contributed by atoms with Crippen LogP contribution in [0.2, 0.25) is 0 Å². The minimum absolute atomic E-state index is 0.137. The molecule has 3 rings (SSSR count). The first-order valence-electron chi connectivity index (χ1n) is 7.57. The average Bonchev–Trinajstić information content (AvgIpc) is 2.92. The minimum Gasteiger partial charge on any atom is -0.392 e. The molecule has 1 N–H and O–H groups in total. The number of aliphatic hydroxyl groups excluding tert-OH is 1. The number of amides is 1. The molecule has 0 fully saturated rings. The van der Waals surface area contributed by atoms with Crippen LogP contribution in [0, 0.1) is 5.82 Å². The maximum Gasteiger partial charge on any atom is 0.271 e. The highest BCUT2D eigenvalue weighted by Crippen LogP contribution is 2.26. The molecule has 1 aromatic heterocycles. The Morgan fingerprint density at radius 3 is 2.88 bits per heavy atom. The lowest BCUT2D eigenvalue weighted by Crippen LogP contribution is -2.49. The number of aliphatic hydroxyl groups is 1. The number of benzene rings is 1. The van der Waals surface area contributed by atoms with Crippen molar-refractivity contribution in [3.63, 3.8) is 0 Å². The molecule has 0 radical (unpaired) electrons. The summed E-state index contributed by atoms with van der Waals surface area (Å²) in [5.74, 6) is -0.525. The summed E-state index contributed by atoms with van der Waals surface area (Å²) in [5, 5.41) is 9.47. The third-order valence-electron chi connectivity index (χ3n) is 4.23. The third-order valence-corrected chi connectivity index (χ3v) is 4.66. The molecule has 1 aliphatic rings. The normalized spacial score (nSPS) is 17.2. The molecule has 1 aromatic carbocycles. The summed E-state index contributed by atoms with van der Waals surface area (Å²) >= 11 is 3.39. The van der Waals surface area contributed by atoms with Crippen LogP contribution in [0.4, 0.5) is 4.39 Å². The van der Waals surface area contributed by atoms with Gasteiger partial charge in [-0.05, 0) is 45.3 Å². The summed E-state index contributed by atoms with van der Waals surface area (Å²) in [6.07, 6.45) is 1.87. The first-order chi connectivity index (χ1) is 11.5. The van der Waals surface area contributed by atoms with Crippen LogP contribution in [-0.4, -0.2) is 40.2 Å². The van der Waals surface area contributed by atoms with Gasteiger partial charge in [0, 0.05) is 30.9 Å². The van der Waals surface area contributed by atoms with Gasteiger partial charge in [-0.1, -0.05) is 6.07 Å². The van der Waals surface area contributed by atoms with Gasteiger partial charge in [0.25, 0.3) is 5.91 Å². The lowest BCUT2D eigenvalue weighted by molar-refractivity contribution is 0.0386. The molecule has 0 saturated heterocycles. The van der Waals surface area contributed by atoms with E-state index in [1.54, 1.807) is 24.1 Å². The number of methoxy groups -OCH3 is 1. The van der Waals surface area contributed by atoms with Crippen LogP contribution in [0.25, 0.3) is 0 Å². The highest BCUT2D eigenvalue weighted by atomic mass is 79.9. The highest BCUT2D eigenvalue weighted by molar-refractivity contribution is 9.10. The zero-order chi connectivity index (χ0) is 17.3. The molecule has 128 valence electrons. The summed E-state index contributed by atoms with van der Waals surface area (Å²) in [7, 11) is 1.59. The van der Waals surface area contributed by atoms with Crippen LogP contribution < -0.4 is 0 Å². The molecular formula is C17H18BrFN2O3. The van der Waals surface area contributed by atoms with Gasteiger partial charge in [-0.3, -0.25) is 4.79 Å². The Balaban J connectivity index is 1.95. The summed E-state index contributed by atoms with van der Waals surface area (Å²) in [5.41, 5.74) is 1.80. The van der Waals surface area contributed by atoms with Gasteiger partial charge in [0.05, 0.1) is 19.3 Å². The van der Waals surface area contributed by atoms with Crippen LogP contribution >= 0.6 is 15.9 Å². The van der Waals surface area contributed by atoms with Crippen molar-refractivity contribution in [2.75, 3.05) is 13.7 Å². The lowest BCUT2D eigenvalue weighted by atomic mass is 10.0. The molecule has 7 heteroatoms. The van der Waals surface area contributed by atoms with Crippen molar-refractivity contribution >= 4 is 21.8 Å². The van der Waals surface area contributed by atoms with Crippen molar-refractivity contribution in [1.82, 2.24) is 9.47 Å². The number of halogens is 2. The second-order valence-electron chi connectivity index (χ2n) is 5.81. The molecule has 2 heterocycles. The lowest BCUT2D eigenvalue weighted by Gasteiger charge is -2.36. The number of ether oxygens (including phenoxy) is 1. The summed E-state index contributed by atoms with van der Waals surface area (Å²) < 4.78 is 21.6. The first kappa shape index (κ1) is 17.1. The van der Waals surface area contributed by atoms with Crippen molar-refractivity contribution in [3.8, 4) is 0 Å². The van der Waals surface area contributed by atoms with E-state index < -0.39 is 0 Å². The van der Waals surface area contributed by atoms with E-state index in [0.29, 0.717) is 30.0 Å². The Kier molecular flexibility index (Phi) is 5.03. The maximum absolute atomic E-state index is 13.6. The van der Waals surface area contributed by atoms with Crippen LogP contribution in [0.3, 0.4) is 0 Å². The highest BCUT2D eigenvalue weighted by Gasteiger charge is 2.33. The van der Waals surface area contributed by atoms with E-state index in [9.17, 15) is 14.3 Å². The molecule has 1 atom stereocenters. The van der Waals surface area contributed by atoms with Crippen LogP contribution in [0.15, 0.2) is 34.9 Å². The quantitative estimate of drug-likeness (QED) is 0.844. The Morgan fingerprint density at radius 2 is 2.17 bits per heavy atom. The number of hydrogen-bond acceptors (Lipinski definition) is 3. The van der Waals surface area contributed by atoms with E-state index in [2.05, 4.69) is 15.9 Å². The second kappa shape index (κ2) is 7.04. The van der Waals surface area contributed by atoms with Gasteiger partial charge in [-0.2, -0.15) is 0 Å². The fourth-order valence-electron chi connectivity index (χ4n) is 3.06. The van der Waals surface area contributed by atoms with Crippen LogP contribution in [-0.2, 0) is 24.4 Å². The Hall–Kier alpha value is -1.70. The van der Waals surface area contributed by atoms with Gasteiger partial charge >= 0.3 is 0 Å². The van der Waals surface area contributed by atoms with Crippen LogP contribution in [0.1, 0.15) is 21.6 Å². The fraction of sp³-hybridized carbons (Fsp3) is 0.353. The van der Waals surface area contributed by atoms with Gasteiger partial charge in [0.2, 0.25) is 0 Å². The van der Waals surface area contributed by atoms with Crippen molar-refractivity contribution in [2.45, 2.75) is 25.7 Å². The van der Waals surface area contributed by atoms with Crippen molar-refractivity contribution in [2.24, 2.45) is 0 Å². The molecule has 1 unspecified atom stereocenters. The topological polar surface area (TPSA) is 54.7 Å². The Labute approximate surface area is 147 Å². The largest absolute Gasteiger partial charge is 0.392 e. The summed E-state index contributed by atoms with van der Waals surface area (Å²) in [6.45, 7) is 1.01. The molecule has 5 nitrogen and oxygen atoms in total. The molecule has 1 aliphatic heterocycles. The minimum atomic E-state index is -0.388. The number of carbonyl (C=O) groups is 1. The van der Waals surface area contributed by atoms with Gasteiger partial charge < -0.3 is 19.3 Å². The third kappa shape index (κ3) is 3.24. The predicted molar refractivity (Wildman–Crippen MR) is 90.0 cm³/mol. The van der Waals surface area contributed by atoms with E-state index in [4.69, 9.17) is 4.74 Å². The standard InChI is InChI=1S/C17H18BrFN2O3/c1-24-10-15-8-20-7-13(18)5-16(20)17(23)21(15)6-12-4-14(19)3-2-11(12)9-22/h2-5,7,15,22H,6,8-10H2,1H3. The SMILES string of the molecule is COCC1Cn2cc(Br)cc2C(=O)N1Cc1cc(F)ccc1CO. The summed E-state index contributed by atoms with van der Waals surface area (Å²) in [4.78, 5) is 14.6. The number of hydrogen-bond donors (Lipinski definition) is 1. The van der Waals surface area contributed by atoms with Gasteiger partial charge in [0.1, 0.15) is 11.5 Å². The zero-order valence-corrected chi connectivity index (χ0v) is 14.8. The van der Waals surface area contributed by atoms with Crippen molar-refractivity contribution in [1.29, 1.82) is 0 Å². The molecule has 2 aromatic rings. The maximum atomic E-state index is 13.6. The van der Waals surface area contributed by atoms with E-state index in [1.807, 2.05) is 10.8 Å². The van der Waals surface area contributed by atoms with E-state index in [0.717, 1.165) is 4.47 Å². The zero-order valence-electron chi connectivity index (χ0n) is 13.2. The Morgan fingerprint density at radius 1 is 1.38 bits per heavy atom. The van der Waals surface area contributed by atoms with E-state index in [-0.39, 0.29) is 30.9 Å². The molecule has 24 heavy (non-hydrogen) atoms. The number of carbonyl (C=O) groups excluding carboxylic acids is 1. The molecule has 1 amide bonds. The molecule has 0 saturated carbocycles. The Bertz CT molecular complexity index is 762. The second-order valence-corrected chi connectivity index (χ2v) is 6.72. The number of rotatable bonds is 5. The van der Waals surface area contributed by atoms with Crippen LogP contribution in [0.5, 0.6) is 0 Å². The van der Waals surface area contributed by atoms with Crippen molar-refractivity contribution < 1.29 is 19.0 Å². The fourth-order valence-corrected chi connectivity index (χ4v) is 3.52. The van der Waals surface area contributed by atoms with Gasteiger partial charge in [-0.15, -0.1) is 0 Å². The van der Waals surface area contributed by atoms with Crippen molar-refractivity contribution in [3.05, 3.63) is 57.6 Å². The number of fused-ring (bicyclic) bond motifs is 1. The van der Waals surface area contributed by atoms with Gasteiger partial charge in [-0.25, -0.2) is 4.39 Å². The van der Waals surface area contributed by atoms with Gasteiger partial charge in [0.15, 0.2) is 0 Å². The number of nitrogens with zero attached hydrogens (tertiary/aromatic N) is 2. The molecule has 0 aliphatic carbocycles. The predicted octanol–water partition coefficient (Wildman–Crippen LogP) is 2.55. The smallest absolute Gasteiger partial charge is 0.271 e. The summed E-state index contributed by atoms with van der Waals surface area (Å²) in [6, 6.07) is 5.83. The first-order valence-corrected chi connectivity index (χ1v) is 8.36. The monoisotopic (exact) mass is 396 g/mol. The van der Waals surface area contributed by atoms with E-state index in [1.165, 1.54) is 12.1 Å².